The predicted molar refractivity (Wildman–Crippen MR) is 56.4 cm³/mol. The SMILES string of the molecule is C.CCCCCC(C)CCCO. The smallest absolute Gasteiger partial charge is 0.0431 e. The van der Waals surface area contributed by atoms with Crippen LogP contribution in [0.1, 0.15) is 59.8 Å². The molecule has 0 saturated heterocycles. The maximum atomic E-state index is 8.59. The van der Waals surface area contributed by atoms with Crippen molar-refractivity contribution in [3.63, 3.8) is 0 Å². The van der Waals surface area contributed by atoms with E-state index in [0.717, 1.165) is 12.3 Å². The molecule has 1 unspecified atom stereocenters. The molecule has 0 aliphatic heterocycles. The molecule has 12 heavy (non-hydrogen) atoms. The molecule has 0 aromatic carbocycles. The normalized spacial score (nSPS) is 12.2. The number of hydrogen-bond acceptors (Lipinski definition) is 1. The highest BCUT2D eigenvalue weighted by Crippen LogP contribution is 2.13. The second kappa shape index (κ2) is 11.0. The number of aliphatic hydroxyl groups excluding tert-OH is 1. The van der Waals surface area contributed by atoms with Crippen LogP contribution in [0.15, 0.2) is 0 Å². The Balaban J connectivity index is 0. The van der Waals surface area contributed by atoms with Crippen molar-refractivity contribution >= 4 is 0 Å². The number of rotatable bonds is 7. The van der Waals surface area contributed by atoms with Gasteiger partial charge in [-0.3, -0.25) is 0 Å². The minimum Gasteiger partial charge on any atom is -0.396 e. The second-order valence-electron chi connectivity index (χ2n) is 3.47. The van der Waals surface area contributed by atoms with Crippen molar-refractivity contribution < 1.29 is 5.11 Å². The zero-order valence-corrected chi connectivity index (χ0v) is 7.97. The van der Waals surface area contributed by atoms with E-state index in [1.165, 1.54) is 32.1 Å². The van der Waals surface area contributed by atoms with Crippen molar-refractivity contribution in [2.45, 2.75) is 59.8 Å². The van der Waals surface area contributed by atoms with Crippen LogP contribution in [0.3, 0.4) is 0 Å². The van der Waals surface area contributed by atoms with Crippen LogP contribution in [0.5, 0.6) is 0 Å². The van der Waals surface area contributed by atoms with E-state index in [-0.39, 0.29) is 7.43 Å². The lowest BCUT2D eigenvalue weighted by molar-refractivity contribution is 0.270. The molecule has 0 saturated carbocycles. The van der Waals surface area contributed by atoms with Crippen molar-refractivity contribution in [1.29, 1.82) is 0 Å². The van der Waals surface area contributed by atoms with Crippen LogP contribution in [0.2, 0.25) is 0 Å². The van der Waals surface area contributed by atoms with Gasteiger partial charge in [0.25, 0.3) is 0 Å². The lowest BCUT2D eigenvalue weighted by atomic mass is 9.99. The topological polar surface area (TPSA) is 20.2 Å². The van der Waals surface area contributed by atoms with Crippen LogP contribution >= 0.6 is 0 Å². The summed E-state index contributed by atoms with van der Waals surface area (Å²) in [4.78, 5) is 0. The van der Waals surface area contributed by atoms with Crippen molar-refractivity contribution in [3.8, 4) is 0 Å². The summed E-state index contributed by atoms with van der Waals surface area (Å²) in [6, 6.07) is 0. The van der Waals surface area contributed by atoms with Crippen LogP contribution in [0.4, 0.5) is 0 Å². The summed E-state index contributed by atoms with van der Waals surface area (Å²) in [5, 5.41) is 8.59. The van der Waals surface area contributed by atoms with Gasteiger partial charge in [-0.05, 0) is 18.8 Å². The first kappa shape index (κ1) is 14.5. The highest BCUT2D eigenvalue weighted by molar-refractivity contribution is 4.53. The Kier molecular flexibility index (Phi) is 13.2. The maximum absolute atomic E-state index is 8.59. The van der Waals surface area contributed by atoms with Gasteiger partial charge in [0.2, 0.25) is 0 Å². The van der Waals surface area contributed by atoms with Gasteiger partial charge in [0, 0.05) is 6.61 Å². The van der Waals surface area contributed by atoms with E-state index in [1.54, 1.807) is 0 Å². The third-order valence-corrected chi connectivity index (χ3v) is 2.16. The van der Waals surface area contributed by atoms with E-state index in [2.05, 4.69) is 13.8 Å². The van der Waals surface area contributed by atoms with Crippen molar-refractivity contribution in [1.82, 2.24) is 0 Å². The fourth-order valence-corrected chi connectivity index (χ4v) is 1.33. The van der Waals surface area contributed by atoms with E-state index in [1.807, 2.05) is 0 Å². The standard InChI is InChI=1S/C10H22O.CH4/c1-3-4-5-7-10(2)8-6-9-11;/h10-11H,3-9H2,1-2H3;1H4. The Hall–Kier alpha value is -0.0400. The number of unbranched alkanes of at least 4 members (excludes halogenated alkanes) is 2. The van der Waals surface area contributed by atoms with Gasteiger partial charge < -0.3 is 5.11 Å². The van der Waals surface area contributed by atoms with Crippen LogP contribution in [0.25, 0.3) is 0 Å². The van der Waals surface area contributed by atoms with Crippen molar-refractivity contribution in [3.05, 3.63) is 0 Å². The minimum absolute atomic E-state index is 0. The maximum Gasteiger partial charge on any atom is 0.0431 e. The van der Waals surface area contributed by atoms with E-state index in [4.69, 9.17) is 5.11 Å². The quantitative estimate of drug-likeness (QED) is 0.585. The summed E-state index contributed by atoms with van der Waals surface area (Å²) in [5.41, 5.74) is 0. The van der Waals surface area contributed by atoms with Gasteiger partial charge in [-0.15, -0.1) is 0 Å². The van der Waals surface area contributed by atoms with Crippen molar-refractivity contribution in [2.75, 3.05) is 6.61 Å². The van der Waals surface area contributed by atoms with E-state index >= 15 is 0 Å². The molecule has 0 amide bonds. The summed E-state index contributed by atoms with van der Waals surface area (Å²) >= 11 is 0. The average molecular weight is 174 g/mol. The lowest BCUT2D eigenvalue weighted by Gasteiger charge is -2.08. The molecular formula is C11H26O. The molecule has 0 fully saturated rings. The highest BCUT2D eigenvalue weighted by Gasteiger charge is 1.99. The molecule has 0 spiro atoms. The molecule has 0 aromatic heterocycles. The molecule has 0 aliphatic carbocycles. The molecular weight excluding hydrogens is 148 g/mol. The fourth-order valence-electron chi connectivity index (χ4n) is 1.33. The Labute approximate surface area is 78.2 Å². The molecule has 1 nitrogen and oxygen atoms in total. The van der Waals surface area contributed by atoms with Crippen LogP contribution in [-0.4, -0.2) is 11.7 Å². The Bertz CT molecular complexity index is 71.4. The summed E-state index contributed by atoms with van der Waals surface area (Å²) in [6.07, 6.45) is 7.56. The third-order valence-electron chi connectivity index (χ3n) is 2.16. The number of hydrogen-bond donors (Lipinski definition) is 1. The Morgan fingerprint density at radius 2 is 1.67 bits per heavy atom. The van der Waals surface area contributed by atoms with Gasteiger partial charge in [0.15, 0.2) is 0 Å². The summed E-state index contributed by atoms with van der Waals surface area (Å²) < 4.78 is 0. The largest absolute Gasteiger partial charge is 0.396 e. The van der Waals surface area contributed by atoms with Gasteiger partial charge in [0.1, 0.15) is 0 Å². The molecule has 76 valence electrons. The molecule has 0 rings (SSSR count). The molecule has 1 heteroatoms. The Morgan fingerprint density at radius 3 is 2.17 bits per heavy atom. The molecule has 0 radical (unpaired) electrons. The first-order valence-corrected chi connectivity index (χ1v) is 4.92. The van der Waals surface area contributed by atoms with Gasteiger partial charge in [0.05, 0.1) is 0 Å². The monoisotopic (exact) mass is 174 g/mol. The fraction of sp³-hybridized carbons (Fsp3) is 1.00. The van der Waals surface area contributed by atoms with Gasteiger partial charge in [-0.1, -0.05) is 47.0 Å². The second-order valence-corrected chi connectivity index (χ2v) is 3.47. The third kappa shape index (κ3) is 9.96. The van der Waals surface area contributed by atoms with Gasteiger partial charge in [-0.2, -0.15) is 0 Å². The zero-order valence-electron chi connectivity index (χ0n) is 7.97. The molecule has 0 heterocycles. The predicted octanol–water partition coefficient (Wildman–Crippen LogP) is 3.61. The first-order chi connectivity index (χ1) is 5.31. The zero-order chi connectivity index (χ0) is 8.53. The van der Waals surface area contributed by atoms with Crippen molar-refractivity contribution in [2.24, 2.45) is 5.92 Å². The van der Waals surface area contributed by atoms with Gasteiger partial charge >= 0.3 is 0 Å². The lowest BCUT2D eigenvalue weighted by Crippen LogP contribution is -1.96. The molecule has 0 aromatic rings. The summed E-state index contributed by atoms with van der Waals surface area (Å²) in [5.74, 6) is 0.814. The molecule has 1 N–H and O–H groups in total. The minimum atomic E-state index is 0. The van der Waals surface area contributed by atoms with E-state index in [9.17, 15) is 0 Å². The van der Waals surface area contributed by atoms with Crippen LogP contribution in [-0.2, 0) is 0 Å². The summed E-state index contributed by atoms with van der Waals surface area (Å²) in [6.45, 7) is 4.88. The molecule has 1 atom stereocenters. The molecule has 0 aliphatic rings. The average Bonchev–Trinajstić information content (AvgIpc) is 2.01. The van der Waals surface area contributed by atoms with Crippen LogP contribution < -0.4 is 0 Å². The number of aliphatic hydroxyl groups is 1. The highest BCUT2D eigenvalue weighted by atomic mass is 16.2. The molecule has 0 bridgehead atoms. The Morgan fingerprint density at radius 1 is 1.08 bits per heavy atom. The first-order valence-electron chi connectivity index (χ1n) is 4.92. The van der Waals surface area contributed by atoms with Crippen LogP contribution in [0, 0.1) is 5.92 Å². The van der Waals surface area contributed by atoms with E-state index < -0.39 is 0 Å². The summed E-state index contributed by atoms with van der Waals surface area (Å²) in [7, 11) is 0. The van der Waals surface area contributed by atoms with E-state index in [0.29, 0.717) is 6.61 Å². The van der Waals surface area contributed by atoms with Gasteiger partial charge in [-0.25, -0.2) is 0 Å².